The van der Waals surface area contributed by atoms with Crippen LogP contribution in [0.4, 0.5) is 39.9 Å². The van der Waals surface area contributed by atoms with E-state index in [4.69, 9.17) is 33.2 Å². The Morgan fingerprint density at radius 1 is 0.692 bits per heavy atom. The van der Waals surface area contributed by atoms with Gasteiger partial charge in [-0.05, 0) is 171 Å². The lowest BCUT2D eigenvalue weighted by molar-refractivity contribution is -0.0777. The van der Waals surface area contributed by atoms with E-state index in [0.717, 1.165) is 17.2 Å². The third-order valence-electron chi connectivity index (χ3n) is 11.7. The predicted molar refractivity (Wildman–Crippen MR) is 289 cm³/mol. The van der Waals surface area contributed by atoms with Gasteiger partial charge >= 0.3 is 30.5 Å². The number of hydrogen-bond donors (Lipinski definition) is 1. The van der Waals surface area contributed by atoms with Gasteiger partial charge in [-0.1, -0.05) is 12.1 Å². The number of ether oxygens (including phenoxy) is 7. The van der Waals surface area contributed by atoms with Gasteiger partial charge in [0.05, 0.1) is 40.7 Å². The summed E-state index contributed by atoms with van der Waals surface area (Å²) in [5, 5.41) is 7.63. The Bertz CT molecular complexity index is 3090. The predicted octanol–water partition coefficient (Wildman–Crippen LogP) is 12.2. The number of piperazine rings is 1. The highest BCUT2D eigenvalue weighted by Crippen LogP contribution is 2.39. The number of anilines is 2. The summed E-state index contributed by atoms with van der Waals surface area (Å²) in [7, 11) is 0. The molecule has 20 nitrogen and oxygen atoms in total. The van der Waals surface area contributed by atoms with Crippen molar-refractivity contribution < 1.29 is 66.3 Å². The first-order valence-electron chi connectivity index (χ1n) is 25.8. The lowest BCUT2D eigenvalue weighted by Gasteiger charge is -2.55. The van der Waals surface area contributed by atoms with Crippen LogP contribution < -0.4 is 19.7 Å². The largest absolute Gasteiger partial charge is 0.490 e. The van der Waals surface area contributed by atoms with Crippen LogP contribution in [0.15, 0.2) is 66.9 Å². The van der Waals surface area contributed by atoms with Gasteiger partial charge in [0.25, 0.3) is 0 Å². The van der Waals surface area contributed by atoms with Crippen molar-refractivity contribution in [2.45, 2.75) is 157 Å². The first kappa shape index (κ1) is 58.0. The van der Waals surface area contributed by atoms with E-state index in [0.29, 0.717) is 30.1 Å². The van der Waals surface area contributed by atoms with Crippen LogP contribution in [-0.4, -0.2) is 127 Å². The molecule has 0 saturated carbocycles. The number of para-hydroxylation sites is 1. The zero-order chi connectivity index (χ0) is 57.6. The van der Waals surface area contributed by atoms with Gasteiger partial charge in [0.2, 0.25) is 5.78 Å². The quantitative estimate of drug-likeness (QED) is 0.0962. The number of benzene rings is 3. The number of rotatable bonds is 11. The molecule has 4 amide bonds. The number of piperidine rings is 1. The molecule has 5 heterocycles. The topological polar surface area (TPSA) is 212 Å². The van der Waals surface area contributed by atoms with Gasteiger partial charge in [0.15, 0.2) is 17.4 Å². The first-order valence-corrected chi connectivity index (χ1v) is 25.8. The Labute approximate surface area is 453 Å². The van der Waals surface area contributed by atoms with E-state index in [2.05, 4.69) is 15.3 Å². The number of amides is 4. The highest BCUT2D eigenvalue weighted by Gasteiger charge is 2.49. The average Bonchev–Trinajstić information content (AvgIpc) is 4.03. The number of carbonyl (C=O) groups excluding carboxylic acids is 6. The molecule has 8 rings (SSSR count). The van der Waals surface area contributed by atoms with Crippen LogP contribution in [-0.2, 0) is 23.7 Å². The van der Waals surface area contributed by atoms with E-state index in [1.165, 1.54) is 41.1 Å². The molecule has 3 aromatic carbocycles. The molecule has 5 aromatic rings. The smallest absolute Gasteiger partial charge is 0.425 e. The summed E-state index contributed by atoms with van der Waals surface area (Å²) < 4.78 is 58.0. The summed E-state index contributed by atoms with van der Waals surface area (Å²) >= 11 is 0. The van der Waals surface area contributed by atoms with Crippen molar-refractivity contribution in [2.24, 2.45) is 0 Å². The van der Waals surface area contributed by atoms with Crippen molar-refractivity contribution >= 4 is 58.7 Å². The highest BCUT2D eigenvalue weighted by atomic mass is 19.1. The Morgan fingerprint density at radius 3 is 1.83 bits per heavy atom. The summed E-state index contributed by atoms with van der Waals surface area (Å²) in [6, 6.07) is 14.9. The van der Waals surface area contributed by atoms with Crippen LogP contribution in [0.5, 0.6) is 17.2 Å². The zero-order valence-electron chi connectivity index (χ0n) is 47.4. The number of carbonyl (C=O) groups is 6. The van der Waals surface area contributed by atoms with E-state index in [9.17, 15) is 28.4 Å². The standard InChI is InChI=1S/C57H72FN7O13/c1-33-25-37(73-44-20-18-17-19-39(44)58)21-22-41(33)65-47(64(51(70)77-56(11,12)13)52(71)78-57(14,15)16)38(30-59-65)46(66)43-26-34-27-45(72-24-23-61-31-35-28-36(32-61)62(35)49(68)75-54(5,6)7)40(60-48(67)74-53(2,3)4)29-42(34)63(43)50(69)76-55(8,9)10/h17-22,25-27,29-30,35-36H,23-24,28,31-32H2,1-16H3,(H,60,67). The molecule has 3 fully saturated rings. The monoisotopic (exact) mass is 1080 g/mol. The van der Waals surface area contributed by atoms with Gasteiger partial charge in [0, 0.05) is 25.0 Å². The third kappa shape index (κ3) is 14.1. The highest BCUT2D eigenvalue weighted by molar-refractivity contribution is 6.20. The molecule has 420 valence electrons. The molecule has 3 saturated heterocycles. The lowest BCUT2D eigenvalue weighted by atomic mass is 9.88. The molecule has 2 atom stereocenters. The number of fused-ring (bicyclic) bond motifs is 3. The average molecular weight is 1080 g/mol. The van der Waals surface area contributed by atoms with Gasteiger partial charge in [0.1, 0.15) is 51.8 Å². The van der Waals surface area contributed by atoms with E-state index in [1.54, 1.807) is 119 Å². The number of ketones is 1. The van der Waals surface area contributed by atoms with Crippen LogP contribution in [0.2, 0.25) is 0 Å². The van der Waals surface area contributed by atoms with E-state index < -0.39 is 69.8 Å². The minimum atomic E-state index is -1.22. The zero-order valence-corrected chi connectivity index (χ0v) is 47.4. The Kier molecular flexibility index (Phi) is 16.1. The van der Waals surface area contributed by atoms with Crippen LogP contribution in [0.3, 0.4) is 0 Å². The second-order valence-corrected chi connectivity index (χ2v) is 24.3. The van der Waals surface area contributed by atoms with Crippen molar-refractivity contribution in [3.63, 3.8) is 0 Å². The lowest BCUT2D eigenvalue weighted by Crippen LogP contribution is -2.70. The number of imide groups is 1. The van der Waals surface area contributed by atoms with Gasteiger partial charge in [-0.3, -0.25) is 19.9 Å². The van der Waals surface area contributed by atoms with Crippen molar-refractivity contribution in [3.8, 4) is 22.9 Å². The fourth-order valence-corrected chi connectivity index (χ4v) is 8.79. The van der Waals surface area contributed by atoms with Gasteiger partial charge in [-0.25, -0.2) is 37.6 Å². The van der Waals surface area contributed by atoms with Crippen molar-refractivity contribution in [1.82, 2.24) is 24.1 Å². The Balaban J connectivity index is 1.35. The number of aromatic nitrogens is 3. The van der Waals surface area contributed by atoms with E-state index in [-0.39, 0.29) is 75.6 Å². The van der Waals surface area contributed by atoms with Crippen molar-refractivity contribution in [1.29, 1.82) is 0 Å². The number of halogens is 1. The molecule has 21 heteroatoms. The van der Waals surface area contributed by atoms with Crippen molar-refractivity contribution in [2.75, 3.05) is 36.5 Å². The third-order valence-corrected chi connectivity index (χ3v) is 11.7. The van der Waals surface area contributed by atoms with Crippen molar-refractivity contribution in [3.05, 3.63) is 89.5 Å². The number of hydrogen-bond acceptors (Lipinski definition) is 15. The first-order chi connectivity index (χ1) is 36.0. The second kappa shape index (κ2) is 21.6. The van der Waals surface area contributed by atoms with Crippen LogP contribution >= 0.6 is 0 Å². The molecule has 1 N–H and O–H groups in total. The maximum atomic E-state index is 15.7. The maximum Gasteiger partial charge on any atom is 0.425 e. The molecule has 78 heavy (non-hydrogen) atoms. The SMILES string of the molecule is Cc1cc(Oc2ccccc2F)ccc1-n1ncc(C(=O)c2cc3cc(OCCN4CC5CC(C4)N5C(=O)OC(C)(C)C)c(NC(=O)OC(C)(C)C)cc3n2C(=O)OC(C)(C)C)c1N(C(=O)OC(C)(C)C)C(=O)OC(C)(C)C. The van der Waals surface area contributed by atoms with E-state index in [1.807, 2.05) is 20.8 Å². The Hall–Kier alpha value is -7.68. The summed E-state index contributed by atoms with van der Waals surface area (Å²) in [6.07, 6.45) is -2.62. The number of nitrogens with one attached hydrogen (secondary N) is 1. The van der Waals surface area contributed by atoms with Gasteiger partial charge in [-0.15, -0.1) is 0 Å². The van der Waals surface area contributed by atoms with Crippen LogP contribution in [0.25, 0.3) is 16.6 Å². The van der Waals surface area contributed by atoms with Crippen LogP contribution in [0.1, 0.15) is 132 Å². The molecular weight excluding hydrogens is 1010 g/mol. The molecule has 0 spiro atoms. The minimum Gasteiger partial charge on any atom is -0.490 e. The molecule has 2 bridgehead atoms. The fraction of sp³-hybridized carbons (Fsp3) is 0.491. The van der Waals surface area contributed by atoms with E-state index >= 15 is 4.79 Å². The molecule has 3 aliphatic heterocycles. The van der Waals surface area contributed by atoms with Gasteiger partial charge in [-0.2, -0.15) is 10.00 Å². The summed E-state index contributed by atoms with van der Waals surface area (Å²) in [6.45, 7) is 28.6. The molecule has 0 radical (unpaired) electrons. The maximum absolute atomic E-state index is 15.7. The molecule has 3 aliphatic rings. The fourth-order valence-electron chi connectivity index (χ4n) is 8.79. The number of nitrogens with zero attached hydrogens (tertiary/aromatic N) is 6. The van der Waals surface area contributed by atoms with Crippen LogP contribution in [0, 0.1) is 12.7 Å². The summed E-state index contributed by atoms with van der Waals surface area (Å²) in [5.74, 6) is -1.56. The summed E-state index contributed by atoms with van der Waals surface area (Å²) in [5.41, 5.74) is -4.75. The molecule has 2 aromatic heterocycles. The molecule has 2 unspecified atom stereocenters. The van der Waals surface area contributed by atoms with Gasteiger partial charge < -0.3 is 33.2 Å². The number of aryl methyl sites for hydroxylation is 1. The second-order valence-electron chi connectivity index (χ2n) is 24.3. The Morgan fingerprint density at radius 2 is 1.27 bits per heavy atom. The minimum absolute atomic E-state index is 0.0212. The molecule has 0 aliphatic carbocycles. The normalized spacial score (nSPS) is 15.9. The summed E-state index contributed by atoms with van der Waals surface area (Å²) in [4.78, 5) is 90.3. The molecular formula is C57H72FN7O13.